The molecule has 0 atom stereocenters. The average Bonchev–Trinajstić information content (AvgIpc) is 2.50. The predicted molar refractivity (Wildman–Crippen MR) is 83.9 cm³/mol. The molecule has 0 aliphatic rings. The molecule has 0 saturated heterocycles. The van der Waals surface area contributed by atoms with Crippen LogP contribution < -0.4 is 0 Å². The molecule has 0 aliphatic heterocycles. The first-order valence-electron chi connectivity index (χ1n) is 6.46. The molecule has 0 unspecified atom stereocenters. The molecule has 0 spiro atoms. The number of aromatic nitrogens is 1. The van der Waals surface area contributed by atoms with Crippen LogP contribution in [0.3, 0.4) is 0 Å². The van der Waals surface area contributed by atoms with E-state index < -0.39 is 5.82 Å². The van der Waals surface area contributed by atoms with Crippen LogP contribution >= 0.6 is 15.9 Å². The Bertz CT molecular complexity index is 832. The van der Waals surface area contributed by atoms with Gasteiger partial charge in [0.1, 0.15) is 5.82 Å². The maximum Gasteiger partial charge on any atom is 0.168 e. The molecule has 4 heteroatoms. The topological polar surface area (TPSA) is 30.0 Å². The summed E-state index contributed by atoms with van der Waals surface area (Å²) < 4.78 is 13.8. The lowest BCUT2D eigenvalue weighted by Crippen LogP contribution is -2.05. The van der Waals surface area contributed by atoms with E-state index in [2.05, 4.69) is 20.9 Å². The first-order chi connectivity index (χ1) is 10.1. The predicted octanol–water partition coefficient (Wildman–Crippen LogP) is 4.56. The second kappa shape index (κ2) is 5.74. The quantitative estimate of drug-likeness (QED) is 0.652. The van der Waals surface area contributed by atoms with E-state index >= 15 is 0 Å². The largest absolute Gasteiger partial charge is 0.294 e. The molecule has 2 aromatic carbocycles. The van der Waals surface area contributed by atoms with E-state index in [0.29, 0.717) is 15.7 Å². The molecular formula is C17H11BrFNO. The summed E-state index contributed by atoms with van der Waals surface area (Å²) in [6.07, 6.45) is 0.159. The first-order valence-corrected chi connectivity index (χ1v) is 7.26. The Hall–Kier alpha value is -2.07. The first kappa shape index (κ1) is 13.9. The van der Waals surface area contributed by atoms with Crippen molar-refractivity contribution in [2.24, 2.45) is 0 Å². The third-order valence-electron chi connectivity index (χ3n) is 3.24. The van der Waals surface area contributed by atoms with Gasteiger partial charge in [-0.15, -0.1) is 0 Å². The van der Waals surface area contributed by atoms with Gasteiger partial charge in [-0.2, -0.15) is 0 Å². The van der Waals surface area contributed by atoms with Crippen molar-refractivity contribution in [2.75, 3.05) is 0 Å². The lowest BCUT2D eigenvalue weighted by molar-refractivity contribution is 0.0991. The molecule has 2 nitrogen and oxygen atoms in total. The molecule has 3 rings (SSSR count). The van der Waals surface area contributed by atoms with Crippen LogP contribution in [-0.2, 0) is 6.42 Å². The summed E-state index contributed by atoms with van der Waals surface area (Å²) in [6.45, 7) is 0. The summed E-state index contributed by atoms with van der Waals surface area (Å²) in [4.78, 5) is 16.6. The minimum atomic E-state index is -0.438. The number of hydrogen-bond acceptors (Lipinski definition) is 2. The van der Waals surface area contributed by atoms with E-state index in [0.717, 1.165) is 10.9 Å². The highest BCUT2D eigenvalue weighted by atomic mass is 79.9. The lowest BCUT2D eigenvalue weighted by atomic mass is 10.1. The van der Waals surface area contributed by atoms with Crippen LogP contribution in [-0.4, -0.2) is 10.8 Å². The normalized spacial score (nSPS) is 10.8. The van der Waals surface area contributed by atoms with Gasteiger partial charge in [-0.1, -0.05) is 30.3 Å². The second-order valence-electron chi connectivity index (χ2n) is 4.72. The van der Waals surface area contributed by atoms with Crippen molar-refractivity contribution in [3.05, 3.63) is 76.1 Å². The zero-order chi connectivity index (χ0) is 14.8. The molecule has 0 fully saturated rings. The molecule has 0 bridgehead atoms. The number of Topliss-reactive ketones (excluding diaryl/α,β-unsaturated/α-hetero) is 1. The number of para-hydroxylation sites is 1. The summed E-state index contributed by atoms with van der Waals surface area (Å²) in [5.74, 6) is -0.587. The molecule has 1 heterocycles. The summed E-state index contributed by atoms with van der Waals surface area (Å²) in [7, 11) is 0. The van der Waals surface area contributed by atoms with Gasteiger partial charge in [0.2, 0.25) is 0 Å². The minimum absolute atomic E-state index is 0.149. The smallest absolute Gasteiger partial charge is 0.168 e. The summed E-state index contributed by atoms with van der Waals surface area (Å²) >= 11 is 3.07. The van der Waals surface area contributed by atoms with Gasteiger partial charge in [-0.25, -0.2) is 4.39 Å². The van der Waals surface area contributed by atoms with Crippen molar-refractivity contribution < 1.29 is 9.18 Å². The number of benzene rings is 2. The van der Waals surface area contributed by atoms with E-state index in [-0.39, 0.29) is 12.2 Å². The van der Waals surface area contributed by atoms with Gasteiger partial charge in [0.15, 0.2) is 5.78 Å². The van der Waals surface area contributed by atoms with Crippen LogP contribution in [0.15, 0.2) is 59.1 Å². The van der Waals surface area contributed by atoms with Crippen molar-refractivity contribution >= 4 is 32.6 Å². The van der Waals surface area contributed by atoms with Crippen LogP contribution in [0.25, 0.3) is 10.9 Å². The van der Waals surface area contributed by atoms with Crippen LogP contribution in [0, 0.1) is 5.82 Å². The van der Waals surface area contributed by atoms with E-state index in [1.807, 2.05) is 36.4 Å². The molecule has 1 aromatic heterocycles. The van der Waals surface area contributed by atoms with Gasteiger partial charge in [0.05, 0.1) is 16.4 Å². The third kappa shape index (κ3) is 3.00. The number of carbonyl (C=O) groups is 1. The number of fused-ring (bicyclic) bond motifs is 1. The molecule has 0 aliphatic carbocycles. The number of nitrogens with zero attached hydrogens (tertiary/aromatic N) is 1. The number of ketones is 1. The number of rotatable bonds is 3. The van der Waals surface area contributed by atoms with Gasteiger partial charge < -0.3 is 0 Å². The summed E-state index contributed by atoms with van der Waals surface area (Å²) in [5, 5.41) is 1.03. The van der Waals surface area contributed by atoms with Crippen LogP contribution in [0.4, 0.5) is 4.39 Å². The molecule has 3 aromatic rings. The van der Waals surface area contributed by atoms with E-state index in [4.69, 9.17) is 0 Å². The fourth-order valence-corrected chi connectivity index (χ4v) is 2.39. The number of pyridine rings is 1. The van der Waals surface area contributed by atoms with Crippen molar-refractivity contribution in [3.8, 4) is 0 Å². The SMILES string of the molecule is O=C(Cc1ccc2ccccc2n1)c1ccc(Br)c(F)c1. The van der Waals surface area contributed by atoms with Crippen LogP contribution in [0.5, 0.6) is 0 Å². The van der Waals surface area contributed by atoms with Crippen LogP contribution in [0.1, 0.15) is 16.1 Å². The molecule has 0 amide bonds. The van der Waals surface area contributed by atoms with E-state index in [9.17, 15) is 9.18 Å². The van der Waals surface area contributed by atoms with Gasteiger partial charge in [0, 0.05) is 16.6 Å². The Morgan fingerprint density at radius 3 is 2.71 bits per heavy atom. The minimum Gasteiger partial charge on any atom is -0.294 e. The number of halogens is 2. The van der Waals surface area contributed by atoms with Gasteiger partial charge in [0.25, 0.3) is 0 Å². The lowest BCUT2D eigenvalue weighted by Gasteiger charge is -2.04. The van der Waals surface area contributed by atoms with Crippen molar-refractivity contribution in [3.63, 3.8) is 0 Å². The van der Waals surface area contributed by atoms with Crippen molar-refractivity contribution in [1.29, 1.82) is 0 Å². The number of hydrogen-bond donors (Lipinski definition) is 0. The monoisotopic (exact) mass is 343 g/mol. The van der Waals surface area contributed by atoms with Crippen LogP contribution in [0.2, 0.25) is 0 Å². The molecule has 0 radical (unpaired) electrons. The van der Waals surface area contributed by atoms with Gasteiger partial charge >= 0.3 is 0 Å². The Kier molecular flexibility index (Phi) is 3.80. The Morgan fingerprint density at radius 1 is 1.10 bits per heavy atom. The zero-order valence-electron chi connectivity index (χ0n) is 11.0. The highest BCUT2D eigenvalue weighted by Crippen LogP contribution is 2.18. The number of carbonyl (C=O) groups excluding carboxylic acids is 1. The molecule has 0 saturated carbocycles. The molecule has 104 valence electrons. The third-order valence-corrected chi connectivity index (χ3v) is 3.88. The molecule has 0 N–H and O–H groups in total. The Balaban J connectivity index is 1.87. The molecule has 21 heavy (non-hydrogen) atoms. The fourth-order valence-electron chi connectivity index (χ4n) is 2.14. The second-order valence-corrected chi connectivity index (χ2v) is 5.58. The van der Waals surface area contributed by atoms with E-state index in [1.165, 1.54) is 12.1 Å². The average molecular weight is 344 g/mol. The van der Waals surface area contributed by atoms with Gasteiger partial charge in [-0.05, 0) is 40.2 Å². The Labute approximate surface area is 129 Å². The highest BCUT2D eigenvalue weighted by molar-refractivity contribution is 9.10. The molecular weight excluding hydrogens is 333 g/mol. The zero-order valence-corrected chi connectivity index (χ0v) is 12.6. The fraction of sp³-hybridized carbons (Fsp3) is 0.0588. The van der Waals surface area contributed by atoms with Gasteiger partial charge in [-0.3, -0.25) is 9.78 Å². The van der Waals surface area contributed by atoms with Crippen molar-refractivity contribution in [1.82, 2.24) is 4.98 Å². The summed E-state index contributed by atoms with van der Waals surface area (Å²) in [6, 6.07) is 15.9. The van der Waals surface area contributed by atoms with E-state index in [1.54, 1.807) is 6.07 Å². The van der Waals surface area contributed by atoms with Crippen molar-refractivity contribution in [2.45, 2.75) is 6.42 Å². The standard InChI is InChI=1S/C17H11BrFNO/c18-14-8-6-12(9-15(14)19)17(21)10-13-7-5-11-3-1-2-4-16(11)20-13/h1-9H,10H2. The maximum absolute atomic E-state index is 13.5. The maximum atomic E-state index is 13.5. The highest BCUT2D eigenvalue weighted by Gasteiger charge is 2.11. The Morgan fingerprint density at radius 2 is 1.90 bits per heavy atom. The summed E-state index contributed by atoms with van der Waals surface area (Å²) in [5.41, 5.74) is 1.89.